The Morgan fingerprint density at radius 3 is 2.39 bits per heavy atom. The highest BCUT2D eigenvalue weighted by molar-refractivity contribution is 7.79. The predicted octanol–water partition coefficient (Wildman–Crippen LogP) is 0.0822. The zero-order valence-corrected chi connectivity index (χ0v) is 24.4. The van der Waals surface area contributed by atoms with Crippen molar-refractivity contribution in [3.05, 3.63) is 64.2 Å². The van der Waals surface area contributed by atoms with Gasteiger partial charge in [0.05, 0.1) is 17.8 Å². The smallest absolute Gasteiger partial charge is 0.394 e. The van der Waals surface area contributed by atoms with Gasteiger partial charge < -0.3 is 35.6 Å². The Balaban J connectivity index is 0.000000818. The molecule has 3 aliphatic rings. The fraction of sp³-hybridized carbons (Fsp3) is 0.333. The Bertz CT molecular complexity index is 1750. The van der Waals surface area contributed by atoms with Gasteiger partial charge in [-0.25, -0.2) is 0 Å². The number of aromatic nitrogens is 1. The number of ketones is 2. The summed E-state index contributed by atoms with van der Waals surface area (Å²) in [6.45, 7) is 0. The molecular formula is C27H30N4O12S. The number of nitrogens with zero attached hydrogens (tertiary/aromatic N) is 3. The number of carbonyl (C=O) groups excluding carboxylic acids is 3. The van der Waals surface area contributed by atoms with E-state index in [0.29, 0.717) is 11.3 Å². The van der Waals surface area contributed by atoms with Gasteiger partial charge >= 0.3 is 10.4 Å². The Morgan fingerprint density at radius 1 is 1.18 bits per heavy atom. The number of rotatable bonds is 5. The Kier molecular flexibility index (Phi) is 8.47. The van der Waals surface area contributed by atoms with Crippen LogP contribution in [0.15, 0.2) is 52.7 Å². The summed E-state index contributed by atoms with van der Waals surface area (Å²) >= 11 is 0. The topological polar surface area (TPSA) is 263 Å². The molecule has 44 heavy (non-hydrogen) atoms. The molecule has 4 atom stereocenters. The lowest BCUT2D eigenvalue weighted by molar-refractivity contribution is -0.153. The highest BCUT2D eigenvalue weighted by Crippen LogP contribution is 2.53. The van der Waals surface area contributed by atoms with Crippen LogP contribution < -0.4 is 5.73 Å². The van der Waals surface area contributed by atoms with Gasteiger partial charge in [-0.2, -0.15) is 8.42 Å². The first-order valence-electron chi connectivity index (χ1n) is 12.9. The number of primary amides is 1. The van der Waals surface area contributed by atoms with Crippen LogP contribution >= 0.6 is 0 Å². The lowest BCUT2D eigenvalue weighted by atomic mass is 9.57. The molecule has 0 unspecified atom stereocenters. The fourth-order valence-electron chi connectivity index (χ4n) is 6.22. The van der Waals surface area contributed by atoms with Gasteiger partial charge in [-0.3, -0.25) is 28.4 Å². The summed E-state index contributed by atoms with van der Waals surface area (Å²) in [7, 11) is -0.131. The number of aliphatic hydroxyl groups excluding tert-OH is 2. The molecule has 0 spiro atoms. The average molecular weight is 635 g/mol. The molecule has 5 rings (SSSR count). The van der Waals surface area contributed by atoms with Crippen LogP contribution in [0.3, 0.4) is 0 Å². The van der Waals surface area contributed by atoms with Crippen molar-refractivity contribution in [3.63, 3.8) is 0 Å². The van der Waals surface area contributed by atoms with E-state index in [2.05, 4.69) is 5.16 Å². The van der Waals surface area contributed by atoms with Gasteiger partial charge in [0.25, 0.3) is 5.91 Å². The number of aromatic hydroxyl groups is 1. The third-order valence-electron chi connectivity index (χ3n) is 7.88. The molecule has 0 aliphatic heterocycles. The van der Waals surface area contributed by atoms with Gasteiger partial charge in [0.2, 0.25) is 5.78 Å². The van der Waals surface area contributed by atoms with Crippen molar-refractivity contribution in [1.82, 2.24) is 9.47 Å². The highest BCUT2D eigenvalue weighted by atomic mass is 32.3. The number of carbonyl (C=O) groups is 3. The van der Waals surface area contributed by atoms with Crippen LogP contribution in [0.5, 0.6) is 5.75 Å². The lowest BCUT2D eigenvalue weighted by Crippen LogP contribution is -2.65. The molecule has 1 aromatic carbocycles. The minimum atomic E-state index is -4.67. The van der Waals surface area contributed by atoms with Crippen LogP contribution in [0.4, 0.5) is 0 Å². The van der Waals surface area contributed by atoms with Crippen LogP contribution in [0.25, 0.3) is 11.4 Å². The molecule has 0 bridgehead atoms. The second-order valence-electron chi connectivity index (χ2n) is 10.6. The van der Waals surface area contributed by atoms with Crippen molar-refractivity contribution in [1.29, 1.82) is 0 Å². The van der Waals surface area contributed by atoms with Crippen molar-refractivity contribution in [2.45, 2.75) is 24.5 Å². The lowest BCUT2D eigenvalue weighted by Gasteiger charge is -2.50. The van der Waals surface area contributed by atoms with E-state index in [4.69, 9.17) is 28.1 Å². The van der Waals surface area contributed by atoms with Crippen molar-refractivity contribution in [2.24, 2.45) is 22.7 Å². The van der Waals surface area contributed by atoms with Gasteiger partial charge in [0.1, 0.15) is 30.0 Å². The van der Waals surface area contributed by atoms with Crippen LogP contribution in [0.2, 0.25) is 0 Å². The molecule has 16 nitrogen and oxygen atoms in total. The molecule has 0 saturated heterocycles. The van der Waals surface area contributed by atoms with Gasteiger partial charge in [-0.05, 0) is 56.6 Å². The van der Waals surface area contributed by atoms with E-state index in [0.717, 1.165) is 5.56 Å². The van der Waals surface area contributed by atoms with E-state index in [-0.39, 0.29) is 29.7 Å². The Labute approximate surface area is 250 Å². The Hall–Kier alpha value is -4.55. The van der Waals surface area contributed by atoms with Crippen LogP contribution in [0.1, 0.15) is 23.1 Å². The van der Waals surface area contributed by atoms with Gasteiger partial charge in [-0.1, -0.05) is 5.16 Å². The molecule has 17 heteroatoms. The highest BCUT2D eigenvalue weighted by Gasteiger charge is 2.64. The molecular weight excluding hydrogens is 604 g/mol. The molecule has 3 aliphatic carbocycles. The maximum atomic E-state index is 13.9. The van der Waals surface area contributed by atoms with Gasteiger partial charge in [0.15, 0.2) is 11.4 Å². The number of fused-ring (bicyclic) bond motifs is 3. The van der Waals surface area contributed by atoms with E-state index in [9.17, 15) is 34.8 Å². The van der Waals surface area contributed by atoms with Crippen molar-refractivity contribution in [2.75, 3.05) is 21.2 Å². The largest absolute Gasteiger partial charge is 0.508 e. The molecule has 1 aromatic heterocycles. The fourth-order valence-corrected chi connectivity index (χ4v) is 6.22. The minimum absolute atomic E-state index is 0.0122. The first-order chi connectivity index (χ1) is 20.4. The number of oxime groups is 1. The number of hydrogen-bond acceptors (Lipinski definition) is 12. The summed E-state index contributed by atoms with van der Waals surface area (Å²) in [5, 5.41) is 48.4. The summed E-state index contributed by atoms with van der Waals surface area (Å²) in [5.41, 5.74) is 3.56. The number of Topliss-reactive ketones (excluding diaryl/α,β-unsaturated/α-hetero) is 2. The summed E-state index contributed by atoms with van der Waals surface area (Å²) in [6, 6.07) is 3.70. The molecule has 1 fully saturated rings. The van der Waals surface area contributed by atoms with E-state index >= 15 is 0 Å². The zero-order chi connectivity index (χ0) is 32.9. The molecule has 2 aromatic rings. The monoisotopic (exact) mass is 634 g/mol. The SMILES string of the molecule is CO/N=C/c1ccn(-c2ccc(O)c3c2C[C@H]2C[C@H]4[C@H](N(C)C)C(=O)C(C(N)=O)=C(O)[C@@]4(O)C(=O)C2=C3O)c1.O=S(=O)(O)O. The Morgan fingerprint density at radius 2 is 1.82 bits per heavy atom. The number of hydrogen-bond donors (Lipinski definition) is 7. The second kappa shape index (κ2) is 11.5. The zero-order valence-electron chi connectivity index (χ0n) is 23.6. The third-order valence-corrected chi connectivity index (χ3v) is 7.88. The normalized spacial score (nSPS) is 24.9. The van der Waals surface area contributed by atoms with Crippen molar-refractivity contribution < 1.29 is 57.2 Å². The first kappa shape index (κ1) is 32.4. The van der Waals surface area contributed by atoms with E-state index < -0.39 is 68.4 Å². The van der Waals surface area contributed by atoms with E-state index in [1.165, 1.54) is 24.3 Å². The number of phenols is 1. The first-order valence-corrected chi connectivity index (χ1v) is 14.3. The summed E-state index contributed by atoms with van der Waals surface area (Å²) in [5.74, 6) is -6.87. The van der Waals surface area contributed by atoms with Gasteiger partial charge in [0, 0.05) is 35.1 Å². The van der Waals surface area contributed by atoms with Crippen LogP contribution in [-0.2, 0) is 36.0 Å². The van der Waals surface area contributed by atoms with Crippen molar-refractivity contribution in [3.8, 4) is 11.4 Å². The second-order valence-corrected chi connectivity index (χ2v) is 11.5. The quantitative estimate of drug-likeness (QED) is 0.0996. The molecule has 1 amide bonds. The van der Waals surface area contributed by atoms with Crippen LogP contribution in [-0.4, -0.2) is 104 Å². The van der Waals surface area contributed by atoms with E-state index in [1.807, 2.05) is 0 Å². The minimum Gasteiger partial charge on any atom is -0.508 e. The number of likely N-dealkylation sites (N-methyl/N-ethyl adjacent to an activating group) is 1. The van der Waals surface area contributed by atoms with Crippen molar-refractivity contribution >= 4 is 39.8 Å². The molecule has 1 heterocycles. The maximum Gasteiger partial charge on any atom is 0.394 e. The van der Waals surface area contributed by atoms with Gasteiger partial charge in [-0.15, -0.1) is 0 Å². The number of nitrogens with two attached hydrogens (primary N) is 1. The summed E-state index contributed by atoms with van der Waals surface area (Å²) in [4.78, 5) is 45.4. The number of amides is 1. The molecule has 0 radical (unpaired) electrons. The van der Waals surface area contributed by atoms with E-state index in [1.54, 1.807) is 43.2 Å². The number of benzene rings is 1. The third kappa shape index (κ3) is 5.46. The number of phenolic OH excluding ortho intramolecular Hbond substituents is 1. The summed E-state index contributed by atoms with van der Waals surface area (Å²) < 4.78 is 33.4. The standard InChI is InChI=1S/C27H28N4O8.H2O4S/c1-30(2)21-15-9-13-8-14-16(31-7-6-12(11-31)10-29-39-3)4-5-17(32)19(14)22(33)18(13)24(35)27(15,38)25(36)20(23(21)34)26(28)37;1-5(2,3)4/h4-7,10-11,13,15,21,32-33,36,38H,8-9H2,1-3H3,(H2,28,37);(H2,1,2,3,4)/b29-10+;/t13-,15-,21-,27-;/m0./s1. The molecule has 236 valence electrons. The molecule has 1 saturated carbocycles. The molecule has 8 N–H and O–H groups in total. The maximum absolute atomic E-state index is 13.9. The number of aliphatic hydroxyl groups is 3. The average Bonchev–Trinajstić information content (AvgIpc) is 3.37. The van der Waals surface area contributed by atoms with Crippen LogP contribution in [0, 0.1) is 11.8 Å². The summed E-state index contributed by atoms with van der Waals surface area (Å²) in [6.07, 6.45) is 5.24. The predicted molar refractivity (Wildman–Crippen MR) is 152 cm³/mol.